The van der Waals surface area contributed by atoms with E-state index in [9.17, 15) is 13.6 Å². The Balaban J connectivity index is 1.84. The summed E-state index contributed by atoms with van der Waals surface area (Å²) in [4.78, 5) is 16.1. The Morgan fingerprint density at radius 1 is 1.14 bits per heavy atom. The molecule has 0 amide bonds. The van der Waals surface area contributed by atoms with E-state index in [4.69, 9.17) is 0 Å². The van der Waals surface area contributed by atoms with E-state index >= 15 is 0 Å². The standard InChI is InChI=1S/C20H26F2N4O2/c1-2-23-20(24-12-6-8-14-26-13-7-5-11-18(26)27)25-15-16-9-3-4-10-17(16)28-19(21)22/h3-5,7,9-11,13,19H,2,6,8,12,14-15H2,1H3,(H2,23,24,25). The first kappa shape index (κ1) is 21.4. The summed E-state index contributed by atoms with van der Waals surface area (Å²) in [5.41, 5.74) is 0.582. The zero-order chi connectivity index (χ0) is 20.2. The van der Waals surface area contributed by atoms with Crippen LogP contribution in [0, 0.1) is 0 Å². The first-order chi connectivity index (χ1) is 13.6. The number of para-hydroxylation sites is 1. The maximum Gasteiger partial charge on any atom is 0.387 e. The number of nitrogens with zero attached hydrogens (tertiary/aromatic N) is 2. The summed E-state index contributed by atoms with van der Waals surface area (Å²) in [5.74, 6) is 0.733. The third kappa shape index (κ3) is 7.38. The first-order valence-electron chi connectivity index (χ1n) is 9.30. The van der Waals surface area contributed by atoms with Gasteiger partial charge in [-0.15, -0.1) is 0 Å². The van der Waals surface area contributed by atoms with Crippen LogP contribution in [0.5, 0.6) is 5.75 Å². The largest absolute Gasteiger partial charge is 0.434 e. The molecule has 2 N–H and O–H groups in total. The monoisotopic (exact) mass is 392 g/mol. The Bertz CT molecular complexity index is 809. The first-order valence-corrected chi connectivity index (χ1v) is 9.30. The highest BCUT2D eigenvalue weighted by Crippen LogP contribution is 2.20. The lowest BCUT2D eigenvalue weighted by atomic mass is 10.2. The summed E-state index contributed by atoms with van der Waals surface area (Å²) >= 11 is 0. The van der Waals surface area contributed by atoms with Crippen LogP contribution in [0.3, 0.4) is 0 Å². The van der Waals surface area contributed by atoms with Gasteiger partial charge in [0.15, 0.2) is 5.96 Å². The maximum absolute atomic E-state index is 12.5. The fourth-order valence-electron chi connectivity index (χ4n) is 2.61. The summed E-state index contributed by atoms with van der Waals surface area (Å²) in [6, 6.07) is 11.7. The number of pyridine rings is 1. The Hall–Kier alpha value is -2.90. The number of aliphatic imine (C=N–C) groups is 1. The molecular formula is C20H26F2N4O2. The molecule has 28 heavy (non-hydrogen) atoms. The smallest absolute Gasteiger partial charge is 0.387 e. The number of unbranched alkanes of at least 4 members (excludes halogenated alkanes) is 1. The van der Waals surface area contributed by atoms with Gasteiger partial charge in [0.1, 0.15) is 5.75 Å². The predicted molar refractivity (Wildman–Crippen MR) is 106 cm³/mol. The third-order valence-corrected chi connectivity index (χ3v) is 3.96. The molecule has 8 heteroatoms. The van der Waals surface area contributed by atoms with E-state index in [0.717, 1.165) is 12.8 Å². The zero-order valence-electron chi connectivity index (χ0n) is 15.9. The maximum atomic E-state index is 12.5. The van der Waals surface area contributed by atoms with Crippen molar-refractivity contribution in [1.29, 1.82) is 0 Å². The molecule has 0 aliphatic carbocycles. The number of guanidine groups is 1. The van der Waals surface area contributed by atoms with Crippen molar-refractivity contribution in [3.8, 4) is 5.75 Å². The van der Waals surface area contributed by atoms with Gasteiger partial charge in [0.2, 0.25) is 5.56 Å². The molecule has 0 fully saturated rings. The van der Waals surface area contributed by atoms with Gasteiger partial charge in [-0.1, -0.05) is 24.3 Å². The minimum Gasteiger partial charge on any atom is -0.434 e. The molecule has 152 valence electrons. The van der Waals surface area contributed by atoms with Gasteiger partial charge in [0.25, 0.3) is 0 Å². The van der Waals surface area contributed by atoms with Crippen LogP contribution in [0.2, 0.25) is 0 Å². The highest BCUT2D eigenvalue weighted by atomic mass is 19.3. The van der Waals surface area contributed by atoms with Gasteiger partial charge in [-0.3, -0.25) is 4.79 Å². The molecule has 1 aromatic carbocycles. The van der Waals surface area contributed by atoms with Gasteiger partial charge in [-0.05, 0) is 31.9 Å². The molecule has 2 rings (SSSR count). The molecule has 1 heterocycles. The van der Waals surface area contributed by atoms with Crippen LogP contribution in [0.4, 0.5) is 8.78 Å². The number of hydrogen-bond donors (Lipinski definition) is 2. The van der Waals surface area contributed by atoms with Crippen LogP contribution in [0.25, 0.3) is 0 Å². The fraction of sp³-hybridized carbons (Fsp3) is 0.400. The van der Waals surface area contributed by atoms with Crippen molar-refractivity contribution in [3.63, 3.8) is 0 Å². The number of ether oxygens (including phenoxy) is 1. The lowest BCUT2D eigenvalue weighted by Crippen LogP contribution is -2.37. The van der Waals surface area contributed by atoms with E-state index < -0.39 is 6.61 Å². The molecule has 0 bridgehead atoms. The molecule has 0 aliphatic rings. The fourth-order valence-corrected chi connectivity index (χ4v) is 2.61. The Morgan fingerprint density at radius 3 is 2.68 bits per heavy atom. The van der Waals surface area contributed by atoms with E-state index in [1.807, 2.05) is 13.0 Å². The van der Waals surface area contributed by atoms with Crippen molar-refractivity contribution in [2.24, 2.45) is 4.99 Å². The highest BCUT2D eigenvalue weighted by Gasteiger charge is 2.09. The summed E-state index contributed by atoms with van der Waals surface area (Å²) in [7, 11) is 0. The molecule has 0 saturated carbocycles. The molecule has 0 radical (unpaired) electrons. The minimum atomic E-state index is -2.87. The van der Waals surface area contributed by atoms with Crippen molar-refractivity contribution in [2.45, 2.75) is 39.5 Å². The number of benzene rings is 1. The molecule has 1 aromatic heterocycles. The number of nitrogens with one attached hydrogen (secondary N) is 2. The summed E-state index contributed by atoms with van der Waals surface area (Å²) in [6.45, 7) is 1.33. The highest BCUT2D eigenvalue weighted by molar-refractivity contribution is 5.79. The minimum absolute atomic E-state index is 0.00459. The molecule has 0 unspecified atom stereocenters. The SMILES string of the molecule is CCNC(=NCc1ccccc1OC(F)F)NCCCCn1ccccc1=O. The molecular weight excluding hydrogens is 366 g/mol. The second kappa shape index (κ2) is 11.7. The number of halogens is 2. The summed E-state index contributed by atoms with van der Waals surface area (Å²) in [5, 5.41) is 6.34. The van der Waals surface area contributed by atoms with Gasteiger partial charge in [-0.25, -0.2) is 4.99 Å². The van der Waals surface area contributed by atoms with Crippen molar-refractivity contribution >= 4 is 5.96 Å². The van der Waals surface area contributed by atoms with Crippen LogP contribution in [-0.2, 0) is 13.1 Å². The van der Waals surface area contributed by atoms with Crippen molar-refractivity contribution in [2.75, 3.05) is 13.1 Å². The second-order valence-electron chi connectivity index (χ2n) is 6.05. The molecule has 2 aromatic rings. The number of hydrogen-bond acceptors (Lipinski definition) is 3. The van der Waals surface area contributed by atoms with E-state index in [2.05, 4.69) is 20.4 Å². The Labute approximate surface area is 163 Å². The zero-order valence-corrected chi connectivity index (χ0v) is 15.9. The van der Waals surface area contributed by atoms with Crippen LogP contribution in [0.1, 0.15) is 25.3 Å². The Morgan fingerprint density at radius 2 is 1.93 bits per heavy atom. The van der Waals surface area contributed by atoms with E-state index in [-0.39, 0.29) is 17.9 Å². The Kier molecular flexibility index (Phi) is 8.97. The number of alkyl halides is 2. The predicted octanol–water partition coefficient (Wildman–Crippen LogP) is 2.99. The van der Waals surface area contributed by atoms with Gasteiger partial charge < -0.3 is 19.9 Å². The van der Waals surface area contributed by atoms with E-state index in [0.29, 0.717) is 31.2 Å². The average molecular weight is 392 g/mol. The quantitative estimate of drug-likeness (QED) is 0.371. The van der Waals surface area contributed by atoms with Gasteiger partial charge >= 0.3 is 6.61 Å². The topological polar surface area (TPSA) is 67.7 Å². The summed E-state index contributed by atoms with van der Waals surface area (Å²) in [6.07, 6.45) is 3.48. The molecule has 0 atom stereocenters. The van der Waals surface area contributed by atoms with Gasteiger partial charge in [0.05, 0.1) is 6.54 Å². The average Bonchev–Trinajstić information content (AvgIpc) is 2.67. The van der Waals surface area contributed by atoms with Crippen LogP contribution in [-0.4, -0.2) is 30.2 Å². The van der Waals surface area contributed by atoms with Crippen molar-refractivity contribution in [1.82, 2.24) is 15.2 Å². The lowest BCUT2D eigenvalue weighted by Gasteiger charge is -2.13. The molecule has 0 spiro atoms. The lowest BCUT2D eigenvalue weighted by molar-refractivity contribution is -0.0504. The number of aromatic nitrogens is 1. The van der Waals surface area contributed by atoms with Gasteiger partial charge in [0, 0.05) is 37.5 Å². The number of aryl methyl sites for hydroxylation is 1. The molecule has 6 nitrogen and oxygen atoms in total. The number of rotatable bonds is 10. The van der Waals surface area contributed by atoms with Crippen LogP contribution < -0.4 is 20.9 Å². The van der Waals surface area contributed by atoms with Crippen LogP contribution in [0.15, 0.2) is 58.4 Å². The second-order valence-corrected chi connectivity index (χ2v) is 6.05. The van der Waals surface area contributed by atoms with Crippen LogP contribution >= 0.6 is 0 Å². The van der Waals surface area contributed by atoms with E-state index in [1.54, 1.807) is 41.1 Å². The van der Waals surface area contributed by atoms with Gasteiger partial charge in [-0.2, -0.15) is 8.78 Å². The van der Waals surface area contributed by atoms with E-state index in [1.165, 1.54) is 6.07 Å². The molecule has 0 aliphatic heterocycles. The summed E-state index contributed by atoms with van der Waals surface area (Å²) < 4.78 is 31.2. The normalized spacial score (nSPS) is 11.5. The van der Waals surface area contributed by atoms with Crippen molar-refractivity contribution < 1.29 is 13.5 Å². The molecule has 0 saturated heterocycles. The van der Waals surface area contributed by atoms with Crippen molar-refractivity contribution in [3.05, 3.63) is 64.6 Å². The third-order valence-electron chi connectivity index (χ3n) is 3.96.